The molecular formula is C44H26N4. The highest BCUT2D eigenvalue weighted by Crippen LogP contribution is 2.47. The molecule has 0 aliphatic heterocycles. The lowest BCUT2D eigenvalue weighted by molar-refractivity contribution is 1.01. The van der Waals surface area contributed by atoms with Gasteiger partial charge in [-0.05, 0) is 47.5 Å². The summed E-state index contributed by atoms with van der Waals surface area (Å²) in [7, 11) is 0. The molecule has 48 heavy (non-hydrogen) atoms. The molecule has 4 aromatic heterocycles. The van der Waals surface area contributed by atoms with Crippen molar-refractivity contribution in [2.24, 2.45) is 0 Å². The van der Waals surface area contributed by atoms with Crippen LogP contribution in [0.15, 0.2) is 158 Å². The first-order valence-corrected chi connectivity index (χ1v) is 16.4. The van der Waals surface area contributed by atoms with Crippen molar-refractivity contribution in [2.75, 3.05) is 0 Å². The average molecular weight is 611 g/mol. The number of aromatic nitrogens is 4. The lowest BCUT2D eigenvalue weighted by Gasteiger charge is -2.12. The van der Waals surface area contributed by atoms with Crippen molar-refractivity contribution >= 4 is 70.8 Å². The second-order valence-electron chi connectivity index (χ2n) is 12.6. The zero-order valence-corrected chi connectivity index (χ0v) is 25.8. The summed E-state index contributed by atoms with van der Waals surface area (Å²) in [5, 5.41) is 8.47. The van der Waals surface area contributed by atoms with Gasteiger partial charge >= 0.3 is 0 Å². The molecular weight excluding hydrogens is 585 g/mol. The summed E-state index contributed by atoms with van der Waals surface area (Å²) < 4.78 is 4.75. The Morgan fingerprint density at radius 2 is 1.00 bits per heavy atom. The zero-order chi connectivity index (χ0) is 31.3. The topological polar surface area (TPSA) is 35.1 Å². The fraction of sp³-hybridized carbons (Fsp3) is 0. The zero-order valence-electron chi connectivity index (χ0n) is 25.8. The SMILES string of the molecule is c1ccc(-c2ccc3c(c2)c2cc4c(c5ccccc5n4-c4nc(-c5ccccc5)c5ccccc5n4)c4c5ccccc5n3c24)cc1. The third-order valence-corrected chi connectivity index (χ3v) is 10.0. The van der Waals surface area contributed by atoms with Crippen molar-refractivity contribution in [2.45, 2.75) is 0 Å². The molecule has 0 aliphatic carbocycles. The minimum Gasteiger partial charge on any atom is -0.308 e. The van der Waals surface area contributed by atoms with E-state index in [4.69, 9.17) is 9.97 Å². The Labute approximate surface area is 275 Å². The fourth-order valence-electron chi connectivity index (χ4n) is 8.02. The van der Waals surface area contributed by atoms with Crippen LogP contribution in [0.5, 0.6) is 0 Å². The maximum Gasteiger partial charge on any atom is 0.235 e. The van der Waals surface area contributed by atoms with Gasteiger partial charge in [0.1, 0.15) is 0 Å². The van der Waals surface area contributed by atoms with Crippen LogP contribution in [0.1, 0.15) is 0 Å². The fourth-order valence-corrected chi connectivity index (χ4v) is 8.02. The van der Waals surface area contributed by atoms with Gasteiger partial charge in [-0.25, -0.2) is 9.97 Å². The van der Waals surface area contributed by atoms with Crippen molar-refractivity contribution < 1.29 is 0 Å². The standard InChI is InChI=1S/C44H26N4/c1-3-13-27(14-4-1)29-23-24-38-33(25-29)34-26-39-40(41-32-19-9-11-21-36(32)47(38)43(34)41)31-18-8-12-22-37(31)48(39)44-45-35-20-10-7-17-30(35)42(46-44)28-15-5-2-6-16-28/h1-26H. The first-order valence-electron chi connectivity index (χ1n) is 16.4. The Bertz CT molecular complexity index is 3040. The molecule has 4 nitrogen and oxygen atoms in total. The molecule has 11 aromatic rings. The van der Waals surface area contributed by atoms with Gasteiger partial charge in [-0.15, -0.1) is 0 Å². The van der Waals surface area contributed by atoms with E-state index in [0.29, 0.717) is 5.95 Å². The molecule has 4 heteroatoms. The number of benzene rings is 7. The van der Waals surface area contributed by atoms with E-state index >= 15 is 0 Å². The molecule has 0 radical (unpaired) electrons. The van der Waals surface area contributed by atoms with E-state index in [-0.39, 0.29) is 0 Å². The normalized spacial score (nSPS) is 12.2. The molecule has 4 heterocycles. The quantitative estimate of drug-likeness (QED) is 0.199. The molecule has 0 spiro atoms. The Morgan fingerprint density at radius 3 is 1.79 bits per heavy atom. The van der Waals surface area contributed by atoms with E-state index in [1.807, 2.05) is 6.07 Å². The molecule has 0 unspecified atom stereocenters. The Morgan fingerprint density at radius 1 is 0.375 bits per heavy atom. The van der Waals surface area contributed by atoms with Gasteiger partial charge in [0.25, 0.3) is 0 Å². The van der Waals surface area contributed by atoms with Gasteiger partial charge < -0.3 is 4.40 Å². The van der Waals surface area contributed by atoms with Crippen molar-refractivity contribution in [3.63, 3.8) is 0 Å². The smallest absolute Gasteiger partial charge is 0.235 e. The molecule has 0 atom stereocenters. The molecule has 0 amide bonds. The van der Waals surface area contributed by atoms with E-state index in [1.54, 1.807) is 0 Å². The van der Waals surface area contributed by atoms with Crippen LogP contribution in [0.25, 0.3) is 99.1 Å². The minimum absolute atomic E-state index is 0.672. The third kappa shape index (κ3) is 3.38. The van der Waals surface area contributed by atoms with Crippen LogP contribution >= 0.6 is 0 Å². The Hall–Kier alpha value is -6.52. The van der Waals surface area contributed by atoms with Gasteiger partial charge in [0.15, 0.2) is 0 Å². The highest BCUT2D eigenvalue weighted by molar-refractivity contribution is 6.35. The molecule has 0 N–H and O–H groups in total. The summed E-state index contributed by atoms with van der Waals surface area (Å²) in [4.78, 5) is 10.6. The maximum absolute atomic E-state index is 5.36. The minimum atomic E-state index is 0.672. The summed E-state index contributed by atoms with van der Waals surface area (Å²) >= 11 is 0. The summed E-state index contributed by atoms with van der Waals surface area (Å²) in [5.74, 6) is 0.672. The molecule has 0 bridgehead atoms. The molecule has 0 aliphatic rings. The monoisotopic (exact) mass is 610 g/mol. The second kappa shape index (κ2) is 9.50. The van der Waals surface area contributed by atoms with Gasteiger partial charge in [-0.2, -0.15) is 0 Å². The second-order valence-corrected chi connectivity index (χ2v) is 12.6. The molecule has 11 rings (SSSR count). The first-order chi connectivity index (χ1) is 23.8. The Balaban J connectivity index is 1.34. The summed E-state index contributed by atoms with van der Waals surface area (Å²) in [6.07, 6.45) is 0. The molecule has 222 valence electrons. The van der Waals surface area contributed by atoms with E-state index in [0.717, 1.165) is 33.2 Å². The highest BCUT2D eigenvalue weighted by Gasteiger charge is 2.25. The van der Waals surface area contributed by atoms with Crippen LogP contribution in [-0.4, -0.2) is 18.9 Å². The predicted molar refractivity (Wildman–Crippen MR) is 199 cm³/mol. The summed E-state index contributed by atoms with van der Waals surface area (Å²) in [6.45, 7) is 0. The lowest BCUT2D eigenvalue weighted by atomic mass is 10.00. The number of fused-ring (bicyclic) bond motifs is 11. The van der Waals surface area contributed by atoms with Crippen molar-refractivity contribution in [1.82, 2.24) is 18.9 Å². The van der Waals surface area contributed by atoms with Crippen LogP contribution in [0.4, 0.5) is 0 Å². The van der Waals surface area contributed by atoms with Crippen molar-refractivity contribution in [1.29, 1.82) is 0 Å². The maximum atomic E-state index is 5.36. The van der Waals surface area contributed by atoms with Crippen molar-refractivity contribution in [3.8, 4) is 28.3 Å². The van der Waals surface area contributed by atoms with Crippen molar-refractivity contribution in [3.05, 3.63) is 158 Å². The van der Waals surface area contributed by atoms with Gasteiger partial charge in [-0.1, -0.05) is 121 Å². The average Bonchev–Trinajstić information content (AvgIpc) is 3.79. The van der Waals surface area contributed by atoms with E-state index < -0.39 is 0 Å². The summed E-state index contributed by atoms with van der Waals surface area (Å²) in [6, 6.07) is 56.3. The number of hydrogen-bond acceptors (Lipinski definition) is 2. The van der Waals surface area contributed by atoms with Crippen LogP contribution < -0.4 is 0 Å². The van der Waals surface area contributed by atoms with Gasteiger partial charge in [0, 0.05) is 43.3 Å². The van der Waals surface area contributed by atoms with Crippen LogP contribution in [0, 0.1) is 0 Å². The number of rotatable bonds is 3. The number of hydrogen-bond donors (Lipinski definition) is 0. The number of nitrogens with zero attached hydrogens (tertiary/aromatic N) is 4. The van der Waals surface area contributed by atoms with Gasteiger partial charge in [0.2, 0.25) is 5.95 Å². The predicted octanol–water partition coefficient (Wildman–Crippen LogP) is 11.2. The molecule has 0 fully saturated rings. The highest BCUT2D eigenvalue weighted by atomic mass is 15.2. The lowest BCUT2D eigenvalue weighted by Crippen LogP contribution is -2.03. The molecule has 0 saturated carbocycles. The van der Waals surface area contributed by atoms with E-state index in [1.165, 1.54) is 60.0 Å². The third-order valence-electron chi connectivity index (χ3n) is 10.0. The first kappa shape index (κ1) is 25.6. The molecule has 0 saturated heterocycles. The number of para-hydroxylation sites is 3. The Kier molecular flexibility index (Phi) is 5.08. The van der Waals surface area contributed by atoms with Gasteiger partial charge in [0.05, 0.1) is 38.8 Å². The van der Waals surface area contributed by atoms with E-state index in [2.05, 4.69) is 161 Å². The van der Waals surface area contributed by atoms with E-state index in [9.17, 15) is 0 Å². The molecule has 7 aromatic carbocycles. The summed E-state index contributed by atoms with van der Waals surface area (Å²) in [5.41, 5.74) is 11.3. The van der Waals surface area contributed by atoms with Crippen LogP contribution in [0.3, 0.4) is 0 Å². The van der Waals surface area contributed by atoms with Gasteiger partial charge in [-0.3, -0.25) is 4.57 Å². The van der Waals surface area contributed by atoms with Crippen LogP contribution in [0.2, 0.25) is 0 Å². The largest absolute Gasteiger partial charge is 0.308 e. The van der Waals surface area contributed by atoms with Crippen LogP contribution in [-0.2, 0) is 0 Å².